The summed E-state index contributed by atoms with van der Waals surface area (Å²) in [4.78, 5) is 8.08. The molecule has 4 heteroatoms. The molecule has 1 aromatic heterocycles. The predicted molar refractivity (Wildman–Crippen MR) is 50.8 cm³/mol. The lowest BCUT2D eigenvalue weighted by Gasteiger charge is -1.99. The Bertz CT molecular complexity index is 516. The molecule has 2 aromatic rings. The number of methoxy groups -OCH3 is 1. The zero-order chi connectivity index (χ0) is 9.97. The molecule has 0 amide bonds. The second-order valence-corrected chi connectivity index (χ2v) is 2.74. The van der Waals surface area contributed by atoms with Crippen molar-refractivity contribution in [1.29, 1.82) is 5.26 Å². The third-order valence-corrected chi connectivity index (χ3v) is 1.87. The first-order chi connectivity index (χ1) is 6.83. The van der Waals surface area contributed by atoms with E-state index in [4.69, 9.17) is 10.00 Å². The molecule has 0 bridgehead atoms. The Balaban J connectivity index is 2.64. The molecule has 0 fully saturated rings. The maximum Gasteiger partial charge on any atom is 0.316 e. The molecule has 0 aliphatic heterocycles. The molecule has 1 heterocycles. The molecule has 14 heavy (non-hydrogen) atoms. The van der Waals surface area contributed by atoms with Gasteiger partial charge >= 0.3 is 6.01 Å². The van der Waals surface area contributed by atoms with Crippen LogP contribution >= 0.6 is 0 Å². The summed E-state index contributed by atoms with van der Waals surface area (Å²) in [5.41, 5.74) is 1.38. The molecule has 0 atom stereocenters. The highest BCUT2D eigenvalue weighted by Crippen LogP contribution is 2.14. The van der Waals surface area contributed by atoms with E-state index in [0.717, 1.165) is 10.9 Å². The van der Waals surface area contributed by atoms with Gasteiger partial charge in [-0.25, -0.2) is 4.98 Å². The van der Waals surface area contributed by atoms with Crippen LogP contribution in [-0.2, 0) is 0 Å². The summed E-state index contributed by atoms with van der Waals surface area (Å²) in [7, 11) is 1.52. The van der Waals surface area contributed by atoms with E-state index in [9.17, 15) is 0 Å². The van der Waals surface area contributed by atoms with Crippen LogP contribution in [0.3, 0.4) is 0 Å². The number of nitrogens with zero attached hydrogens (tertiary/aromatic N) is 3. The lowest BCUT2D eigenvalue weighted by atomic mass is 10.2. The first-order valence-electron chi connectivity index (χ1n) is 4.04. The first kappa shape index (κ1) is 8.45. The molecule has 2 rings (SSSR count). The zero-order valence-corrected chi connectivity index (χ0v) is 7.56. The largest absolute Gasteiger partial charge is 0.467 e. The number of rotatable bonds is 1. The lowest BCUT2D eigenvalue weighted by Crippen LogP contribution is -1.91. The van der Waals surface area contributed by atoms with Crippen LogP contribution in [-0.4, -0.2) is 17.1 Å². The van der Waals surface area contributed by atoms with E-state index in [1.54, 1.807) is 24.4 Å². The summed E-state index contributed by atoms with van der Waals surface area (Å²) in [6, 6.07) is 7.63. The average Bonchev–Trinajstić information content (AvgIpc) is 2.27. The normalized spacial score (nSPS) is 9.71. The highest BCUT2D eigenvalue weighted by molar-refractivity contribution is 5.79. The second-order valence-electron chi connectivity index (χ2n) is 2.74. The number of aromatic nitrogens is 2. The van der Waals surface area contributed by atoms with Crippen LogP contribution < -0.4 is 4.74 Å². The van der Waals surface area contributed by atoms with E-state index in [1.807, 2.05) is 0 Å². The van der Waals surface area contributed by atoms with Gasteiger partial charge in [0.25, 0.3) is 0 Å². The molecule has 0 saturated carbocycles. The smallest absolute Gasteiger partial charge is 0.316 e. The van der Waals surface area contributed by atoms with Crippen molar-refractivity contribution >= 4 is 10.9 Å². The zero-order valence-electron chi connectivity index (χ0n) is 7.56. The van der Waals surface area contributed by atoms with Crippen molar-refractivity contribution in [2.75, 3.05) is 7.11 Å². The van der Waals surface area contributed by atoms with Gasteiger partial charge in [0.2, 0.25) is 0 Å². The van der Waals surface area contributed by atoms with Crippen LogP contribution in [0.15, 0.2) is 24.4 Å². The Labute approximate surface area is 80.8 Å². The fraction of sp³-hybridized carbons (Fsp3) is 0.100. The molecule has 0 saturated heterocycles. The molecular formula is C10H7N3O. The van der Waals surface area contributed by atoms with E-state index in [-0.39, 0.29) is 0 Å². The first-order valence-corrected chi connectivity index (χ1v) is 4.04. The van der Waals surface area contributed by atoms with Gasteiger partial charge in [0.05, 0.1) is 24.3 Å². The molecule has 0 aliphatic carbocycles. The van der Waals surface area contributed by atoms with Gasteiger partial charge in [-0.3, -0.25) is 0 Å². The van der Waals surface area contributed by atoms with Crippen molar-refractivity contribution in [2.45, 2.75) is 0 Å². The van der Waals surface area contributed by atoms with Gasteiger partial charge in [-0.1, -0.05) is 0 Å². The van der Waals surface area contributed by atoms with Gasteiger partial charge in [-0.05, 0) is 18.2 Å². The number of hydrogen-bond donors (Lipinski definition) is 0. The Morgan fingerprint density at radius 2 is 2.29 bits per heavy atom. The van der Waals surface area contributed by atoms with Crippen LogP contribution in [0.25, 0.3) is 10.9 Å². The quantitative estimate of drug-likeness (QED) is 0.675. The van der Waals surface area contributed by atoms with Crippen LogP contribution in [0.1, 0.15) is 5.56 Å². The Morgan fingerprint density at radius 1 is 1.43 bits per heavy atom. The molecule has 0 spiro atoms. The molecular weight excluding hydrogens is 178 g/mol. The molecule has 1 aromatic carbocycles. The van der Waals surface area contributed by atoms with Gasteiger partial charge in [0, 0.05) is 11.6 Å². The average molecular weight is 185 g/mol. The van der Waals surface area contributed by atoms with Gasteiger partial charge in [0.1, 0.15) is 0 Å². The van der Waals surface area contributed by atoms with E-state index in [1.165, 1.54) is 7.11 Å². The Hall–Kier alpha value is -2.15. The number of fused-ring (bicyclic) bond motifs is 1. The summed E-state index contributed by atoms with van der Waals surface area (Å²) in [6.07, 6.45) is 1.64. The molecule has 0 aliphatic rings. The maximum atomic E-state index is 8.68. The van der Waals surface area contributed by atoms with Crippen molar-refractivity contribution in [2.24, 2.45) is 0 Å². The lowest BCUT2D eigenvalue weighted by molar-refractivity contribution is 0.382. The van der Waals surface area contributed by atoms with Crippen molar-refractivity contribution in [1.82, 2.24) is 9.97 Å². The minimum absolute atomic E-state index is 0.335. The van der Waals surface area contributed by atoms with Crippen molar-refractivity contribution in [3.05, 3.63) is 30.0 Å². The third-order valence-electron chi connectivity index (χ3n) is 1.87. The van der Waals surface area contributed by atoms with Crippen molar-refractivity contribution in [3.63, 3.8) is 0 Å². The standard InChI is InChI=1S/C10H7N3O/c1-14-10-12-6-8-4-7(5-11)2-3-9(8)13-10/h2-4,6H,1H3. The fourth-order valence-corrected chi connectivity index (χ4v) is 1.18. The van der Waals surface area contributed by atoms with E-state index in [2.05, 4.69) is 16.0 Å². The number of nitriles is 1. The van der Waals surface area contributed by atoms with Crippen LogP contribution in [0.4, 0.5) is 0 Å². The Kier molecular flexibility index (Phi) is 1.99. The molecule has 4 nitrogen and oxygen atoms in total. The highest BCUT2D eigenvalue weighted by Gasteiger charge is 2.00. The Morgan fingerprint density at radius 3 is 3.00 bits per heavy atom. The van der Waals surface area contributed by atoms with Crippen LogP contribution in [0.2, 0.25) is 0 Å². The van der Waals surface area contributed by atoms with Crippen LogP contribution in [0, 0.1) is 11.3 Å². The fourth-order valence-electron chi connectivity index (χ4n) is 1.18. The summed E-state index contributed by atoms with van der Waals surface area (Å²) in [5, 5.41) is 9.52. The van der Waals surface area contributed by atoms with E-state index in [0.29, 0.717) is 11.6 Å². The molecule has 0 unspecified atom stereocenters. The van der Waals surface area contributed by atoms with E-state index >= 15 is 0 Å². The van der Waals surface area contributed by atoms with Gasteiger partial charge in [-0.2, -0.15) is 10.2 Å². The SMILES string of the molecule is COc1ncc2cc(C#N)ccc2n1. The third kappa shape index (κ3) is 1.36. The van der Waals surface area contributed by atoms with Crippen molar-refractivity contribution in [3.8, 4) is 12.1 Å². The van der Waals surface area contributed by atoms with Crippen LogP contribution in [0.5, 0.6) is 6.01 Å². The summed E-state index contributed by atoms with van der Waals surface area (Å²) >= 11 is 0. The summed E-state index contributed by atoms with van der Waals surface area (Å²) in [5.74, 6) is 0. The van der Waals surface area contributed by atoms with Gasteiger partial charge in [0.15, 0.2) is 0 Å². The van der Waals surface area contributed by atoms with Crippen molar-refractivity contribution < 1.29 is 4.74 Å². The summed E-state index contributed by atoms with van der Waals surface area (Å²) in [6.45, 7) is 0. The monoisotopic (exact) mass is 185 g/mol. The number of benzene rings is 1. The molecule has 0 N–H and O–H groups in total. The molecule has 0 radical (unpaired) electrons. The predicted octanol–water partition coefficient (Wildman–Crippen LogP) is 1.51. The van der Waals surface area contributed by atoms with E-state index < -0.39 is 0 Å². The maximum absolute atomic E-state index is 8.68. The summed E-state index contributed by atoms with van der Waals surface area (Å²) < 4.78 is 4.89. The molecule has 68 valence electrons. The number of hydrogen-bond acceptors (Lipinski definition) is 4. The second kappa shape index (κ2) is 3.30. The van der Waals surface area contributed by atoms with Gasteiger partial charge in [-0.15, -0.1) is 0 Å². The minimum atomic E-state index is 0.335. The minimum Gasteiger partial charge on any atom is -0.467 e. The highest BCUT2D eigenvalue weighted by atomic mass is 16.5. The number of ether oxygens (including phenoxy) is 1. The van der Waals surface area contributed by atoms with Gasteiger partial charge < -0.3 is 4.74 Å². The topological polar surface area (TPSA) is 58.8 Å².